The number of amidine groups is 1. The lowest BCUT2D eigenvalue weighted by atomic mass is 10.3. The van der Waals surface area contributed by atoms with Gasteiger partial charge in [-0.25, -0.2) is 0 Å². The summed E-state index contributed by atoms with van der Waals surface area (Å²) in [5.41, 5.74) is 0. The second-order valence-electron chi connectivity index (χ2n) is 3.33. The molecule has 0 saturated carbocycles. The fourth-order valence-electron chi connectivity index (χ4n) is 1.13. The highest BCUT2D eigenvalue weighted by molar-refractivity contribution is 8.14. The van der Waals surface area contributed by atoms with Gasteiger partial charge in [0.2, 0.25) is 5.91 Å². The van der Waals surface area contributed by atoms with Gasteiger partial charge in [0.25, 0.3) is 0 Å². The Morgan fingerprint density at radius 2 is 2.50 bits per heavy atom. The summed E-state index contributed by atoms with van der Waals surface area (Å²) in [5.74, 6) is 0.0235. The first-order valence-corrected chi connectivity index (χ1v) is 5.76. The minimum Gasteiger partial charge on any atom is -0.355 e. The monoisotopic (exact) mass is 215 g/mol. The maximum Gasteiger partial charge on any atom is 0.242 e. The maximum absolute atomic E-state index is 11.4. The molecule has 0 aromatic heterocycles. The molecule has 1 heterocycles. The Balaban J connectivity index is 2.33. The SMILES string of the molecule is CCNC(=O)C(C)NC1=NCC(C)S1. The summed E-state index contributed by atoms with van der Waals surface area (Å²) < 4.78 is 0. The molecule has 1 rings (SSSR count). The molecule has 0 bridgehead atoms. The van der Waals surface area contributed by atoms with Crippen LogP contribution in [0.5, 0.6) is 0 Å². The molecule has 0 spiro atoms. The quantitative estimate of drug-likeness (QED) is 0.724. The summed E-state index contributed by atoms with van der Waals surface area (Å²) >= 11 is 1.69. The number of hydrogen-bond acceptors (Lipinski definition) is 4. The number of likely N-dealkylation sites (N-methyl/N-ethyl adjacent to an activating group) is 1. The van der Waals surface area contributed by atoms with E-state index in [-0.39, 0.29) is 11.9 Å². The van der Waals surface area contributed by atoms with Crippen molar-refractivity contribution < 1.29 is 4.79 Å². The summed E-state index contributed by atoms with van der Waals surface area (Å²) in [6, 6.07) is -0.202. The van der Waals surface area contributed by atoms with Crippen LogP contribution in [-0.4, -0.2) is 35.5 Å². The van der Waals surface area contributed by atoms with Crippen LogP contribution in [-0.2, 0) is 4.79 Å². The molecule has 1 aliphatic rings. The number of carbonyl (C=O) groups is 1. The van der Waals surface area contributed by atoms with Crippen LogP contribution in [0.3, 0.4) is 0 Å². The average Bonchev–Trinajstić information content (AvgIpc) is 2.51. The Bertz CT molecular complexity index is 242. The summed E-state index contributed by atoms with van der Waals surface area (Å²) in [6.45, 7) is 7.39. The Hall–Kier alpha value is -0.710. The van der Waals surface area contributed by atoms with Crippen molar-refractivity contribution >= 4 is 22.8 Å². The first-order valence-electron chi connectivity index (χ1n) is 4.88. The summed E-state index contributed by atoms with van der Waals surface area (Å²) in [7, 11) is 0. The zero-order valence-corrected chi connectivity index (χ0v) is 9.65. The van der Waals surface area contributed by atoms with Gasteiger partial charge in [-0.15, -0.1) is 0 Å². The van der Waals surface area contributed by atoms with E-state index in [1.165, 1.54) is 0 Å². The predicted molar refractivity (Wildman–Crippen MR) is 60.6 cm³/mol. The van der Waals surface area contributed by atoms with Gasteiger partial charge in [0.15, 0.2) is 5.17 Å². The van der Waals surface area contributed by atoms with Crippen molar-refractivity contribution in [2.75, 3.05) is 13.1 Å². The van der Waals surface area contributed by atoms with Crippen LogP contribution in [0.1, 0.15) is 20.8 Å². The van der Waals surface area contributed by atoms with Crippen LogP contribution in [0.15, 0.2) is 4.99 Å². The third-order valence-corrected chi connectivity index (χ3v) is 2.91. The zero-order valence-electron chi connectivity index (χ0n) is 8.83. The van der Waals surface area contributed by atoms with Gasteiger partial charge in [0.1, 0.15) is 6.04 Å². The van der Waals surface area contributed by atoms with E-state index in [9.17, 15) is 4.79 Å². The van der Waals surface area contributed by atoms with Gasteiger partial charge in [0.05, 0.1) is 6.54 Å². The fourth-order valence-corrected chi connectivity index (χ4v) is 2.06. The normalized spacial score (nSPS) is 22.8. The standard InChI is InChI=1S/C9H17N3OS/c1-4-10-8(13)7(3)12-9-11-5-6(2)14-9/h6-7H,4-5H2,1-3H3,(H,10,13)(H,11,12). The second-order valence-corrected chi connectivity index (χ2v) is 4.76. The second kappa shape index (κ2) is 5.24. The van der Waals surface area contributed by atoms with Crippen molar-refractivity contribution in [2.45, 2.75) is 32.1 Å². The van der Waals surface area contributed by atoms with E-state index in [1.807, 2.05) is 13.8 Å². The fraction of sp³-hybridized carbons (Fsp3) is 0.778. The van der Waals surface area contributed by atoms with Crippen LogP contribution >= 0.6 is 11.8 Å². The van der Waals surface area contributed by atoms with Gasteiger partial charge < -0.3 is 10.6 Å². The molecule has 5 heteroatoms. The van der Waals surface area contributed by atoms with Crippen molar-refractivity contribution in [3.8, 4) is 0 Å². The molecule has 0 aromatic rings. The largest absolute Gasteiger partial charge is 0.355 e. The lowest BCUT2D eigenvalue weighted by Crippen LogP contribution is -2.43. The molecule has 2 N–H and O–H groups in total. The molecule has 2 atom stereocenters. The molecular weight excluding hydrogens is 198 g/mol. The van der Waals surface area contributed by atoms with E-state index in [4.69, 9.17) is 0 Å². The van der Waals surface area contributed by atoms with Gasteiger partial charge in [-0.1, -0.05) is 18.7 Å². The molecule has 0 radical (unpaired) electrons. The van der Waals surface area contributed by atoms with Gasteiger partial charge in [-0.2, -0.15) is 0 Å². The Labute approximate surface area is 88.9 Å². The van der Waals surface area contributed by atoms with Crippen molar-refractivity contribution in [3.63, 3.8) is 0 Å². The first kappa shape index (κ1) is 11.4. The van der Waals surface area contributed by atoms with E-state index < -0.39 is 0 Å². The Morgan fingerprint density at radius 3 is 3.00 bits per heavy atom. The number of rotatable bonds is 3. The van der Waals surface area contributed by atoms with E-state index >= 15 is 0 Å². The number of nitrogens with one attached hydrogen (secondary N) is 2. The van der Waals surface area contributed by atoms with Crippen LogP contribution in [0.2, 0.25) is 0 Å². The molecule has 0 fully saturated rings. The molecule has 14 heavy (non-hydrogen) atoms. The molecule has 2 unspecified atom stereocenters. The Morgan fingerprint density at radius 1 is 1.79 bits per heavy atom. The summed E-state index contributed by atoms with van der Waals surface area (Å²) in [5, 5.41) is 7.27. The average molecular weight is 215 g/mol. The highest BCUT2D eigenvalue weighted by Crippen LogP contribution is 2.18. The summed E-state index contributed by atoms with van der Waals surface area (Å²) in [6.07, 6.45) is 0. The third-order valence-electron chi connectivity index (χ3n) is 1.89. The van der Waals surface area contributed by atoms with E-state index in [1.54, 1.807) is 11.8 Å². The molecule has 80 valence electrons. The van der Waals surface area contributed by atoms with Gasteiger partial charge in [-0.05, 0) is 13.8 Å². The van der Waals surface area contributed by atoms with Crippen molar-refractivity contribution in [1.82, 2.24) is 10.6 Å². The van der Waals surface area contributed by atoms with Crippen LogP contribution in [0.4, 0.5) is 0 Å². The molecule has 0 saturated heterocycles. The van der Waals surface area contributed by atoms with Gasteiger partial charge >= 0.3 is 0 Å². The lowest BCUT2D eigenvalue weighted by Gasteiger charge is -2.13. The molecule has 0 aliphatic carbocycles. The maximum atomic E-state index is 11.4. The number of amides is 1. The number of thioether (sulfide) groups is 1. The smallest absolute Gasteiger partial charge is 0.242 e. The predicted octanol–water partition coefficient (Wildman–Crippen LogP) is 0.592. The molecule has 4 nitrogen and oxygen atoms in total. The number of carbonyl (C=O) groups excluding carboxylic acids is 1. The molecule has 0 aromatic carbocycles. The van der Waals surface area contributed by atoms with Crippen molar-refractivity contribution in [3.05, 3.63) is 0 Å². The highest BCUT2D eigenvalue weighted by atomic mass is 32.2. The topological polar surface area (TPSA) is 53.5 Å². The molecular formula is C9H17N3OS. The number of aliphatic imine (C=N–C) groups is 1. The third kappa shape index (κ3) is 3.21. The lowest BCUT2D eigenvalue weighted by molar-refractivity contribution is -0.122. The first-order chi connectivity index (χ1) is 6.63. The zero-order chi connectivity index (χ0) is 10.6. The van der Waals surface area contributed by atoms with Gasteiger partial charge in [0, 0.05) is 11.8 Å². The van der Waals surface area contributed by atoms with Crippen molar-refractivity contribution in [1.29, 1.82) is 0 Å². The van der Waals surface area contributed by atoms with E-state index in [2.05, 4.69) is 22.5 Å². The van der Waals surface area contributed by atoms with E-state index in [0.717, 1.165) is 11.7 Å². The van der Waals surface area contributed by atoms with Crippen LogP contribution in [0.25, 0.3) is 0 Å². The van der Waals surface area contributed by atoms with Crippen LogP contribution < -0.4 is 10.6 Å². The number of nitrogens with zero attached hydrogens (tertiary/aromatic N) is 1. The minimum atomic E-state index is -0.202. The molecule has 1 aliphatic heterocycles. The molecule has 1 amide bonds. The van der Waals surface area contributed by atoms with Crippen LogP contribution in [0, 0.1) is 0 Å². The van der Waals surface area contributed by atoms with Crippen molar-refractivity contribution in [2.24, 2.45) is 4.99 Å². The Kier molecular flexibility index (Phi) is 4.25. The summed E-state index contributed by atoms with van der Waals surface area (Å²) in [4.78, 5) is 15.7. The highest BCUT2D eigenvalue weighted by Gasteiger charge is 2.19. The minimum absolute atomic E-state index is 0.0235. The number of hydrogen-bond donors (Lipinski definition) is 2. The van der Waals surface area contributed by atoms with E-state index in [0.29, 0.717) is 11.8 Å². The van der Waals surface area contributed by atoms with Gasteiger partial charge in [-0.3, -0.25) is 9.79 Å².